The third-order valence-electron chi connectivity index (χ3n) is 20.0. The minimum atomic E-state index is 0.315. The van der Waals surface area contributed by atoms with Crippen molar-refractivity contribution in [1.82, 2.24) is 64.8 Å². The molecule has 0 aliphatic heterocycles. The van der Waals surface area contributed by atoms with Gasteiger partial charge in [0.15, 0.2) is 35.0 Å². The van der Waals surface area contributed by atoms with Crippen molar-refractivity contribution in [3.8, 4) is 170 Å². The first kappa shape index (κ1) is 74.8. The molecule has 0 spiro atoms. The van der Waals surface area contributed by atoms with E-state index >= 15 is 0 Å². The molecule has 9 heterocycles. The van der Waals surface area contributed by atoms with E-state index in [9.17, 15) is 0 Å². The summed E-state index contributed by atoms with van der Waals surface area (Å²) < 4.78 is 0. The molecule has 120 heavy (non-hydrogen) atoms. The van der Waals surface area contributed by atoms with Crippen molar-refractivity contribution in [2.24, 2.45) is 15.7 Å². The van der Waals surface area contributed by atoms with Crippen LogP contribution in [0, 0.1) is 0 Å². The molecule has 19 rings (SSSR count). The van der Waals surface area contributed by atoms with Crippen molar-refractivity contribution < 1.29 is 0 Å². The van der Waals surface area contributed by atoms with Crippen LogP contribution in [0.4, 0.5) is 0 Å². The normalized spacial score (nSPS) is 11.3. The number of aliphatic imine (C=N–C) groups is 2. The molecule has 0 bridgehead atoms. The summed E-state index contributed by atoms with van der Waals surface area (Å²) in [6.45, 7) is 0.469. The molecule has 0 unspecified atom stereocenters. The highest BCUT2D eigenvalue weighted by Gasteiger charge is 2.21. The Morgan fingerprint density at radius 3 is 0.908 bits per heavy atom. The van der Waals surface area contributed by atoms with Gasteiger partial charge in [0.05, 0.1) is 74.9 Å². The highest BCUT2D eigenvalue weighted by Crippen LogP contribution is 2.37. The van der Waals surface area contributed by atoms with E-state index in [4.69, 9.17) is 80.5 Å². The van der Waals surface area contributed by atoms with Crippen LogP contribution < -0.4 is 5.73 Å². The molecule has 0 aliphatic rings. The minimum absolute atomic E-state index is 0.315. The van der Waals surface area contributed by atoms with Gasteiger partial charge in [0.1, 0.15) is 5.84 Å². The van der Waals surface area contributed by atoms with E-state index in [1.54, 1.807) is 24.8 Å². The number of rotatable bonds is 19. The lowest BCUT2D eigenvalue weighted by Crippen LogP contribution is -2.17. The second-order valence-electron chi connectivity index (χ2n) is 28.1. The van der Waals surface area contributed by atoms with Gasteiger partial charge in [0.2, 0.25) is 0 Å². The van der Waals surface area contributed by atoms with Gasteiger partial charge in [-0.1, -0.05) is 303 Å². The van der Waals surface area contributed by atoms with E-state index in [1.807, 2.05) is 297 Å². The molecule has 0 amide bonds. The Kier molecular flexibility index (Phi) is 22.1. The topological polar surface area (TPSA) is 218 Å². The zero-order valence-corrected chi connectivity index (χ0v) is 64.8. The predicted molar refractivity (Wildman–Crippen MR) is 480 cm³/mol. The summed E-state index contributed by atoms with van der Waals surface area (Å²) in [5.41, 5.74) is 30.4. The van der Waals surface area contributed by atoms with Crippen LogP contribution in [-0.2, 0) is 6.54 Å². The molecule has 16 nitrogen and oxygen atoms in total. The summed E-state index contributed by atoms with van der Waals surface area (Å²) in [6, 6.07) is 129. The zero-order chi connectivity index (χ0) is 80.6. The van der Waals surface area contributed by atoms with Gasteiger partial charge < -0.3 is 5.73 Å². The monoisotopic (exact) mass is 1540 g/mol. The molecular formula is C104H72N16. The number of benzene rings is 10. The minimum Gasteiger partial charge on any atom is -0.383 e. The van der Waals surface area contributed by atoms with Gasteiger partial charge >= 0.3 is 0 Å². The first-order chi connectivity index (χ1) is 59.3. The Morgan fingerprint density at radius 2 is 0.525 bits per heavy atom. The Balaban J connectivity index is 0.000000165. The highest BCUT2D eigenvalue weighted by atomic mass is 15.0. The second kappa shape index (κ2) is 35.4. The van der Waals surface area contributed by atoms with E-state index in [0.717, 1.165) is 106 Å². The van der Waals surface area contributed by atoms with E-state index < -0.39 is 0 Å². The Hall–Kier alpha value is -16.6. The molecule has 10 aromatic carbocycles. The summed E-state index contributed by atoms with van der Waals surface area (Å²) >= 11 is 0. The molecule has 0 saturated carbocycles. The van der Waals surface area contributed by atoms with Crippen molar-refractivity contribution in [3.05, 3.63) is 430 Å². The number of amidine groups is 2. The van der Waals surface area contributed by atoms with Crippen LogP contribution in [-0.4, -0.2) is 76.5 Å². The Bertz CT molecular complexity index is 6650. The number of hydrogen-bond donors (Lipinski definition) is 1. The average Bonchev–Trinajstić information content (AvgIpc) is 0.792. The summed E-state index contributed by atoms with van der Waals surface area (Å²) in [5.74, 6) is 3.76. The fraction of sp³-hybridized carbons (Fsp3) is 0.00962. The zero-order valence-electron chi connectivity index (χ0n) is 64.8. The number of aromatic nitrogens is 13. The van der Waals surface area contributed by atoms with Gasteiger partial charge in [-0.15, -0.1) is 0 Å². The van der Waals surface area contributed by atoms with Crippen LogP contribution in [0.15, 0.2) is 423 Å². The third-order valence-corrected chi connectivity index (χ3v) is 20.0. The number of nitrogens with two attached hydrogens (primary N) is 1. The summed E-state index contributed by atoms with van der Waals surface area (Å²) in [4.78, 5) is 74.3. The first-order valence-corrected chi connectivity index (χ1v) is 39.2. The number of hydrogen-bond acceptors (Lipinski definition) is 14. The third kappa shape index (κ3) is 17.7. The largest absolute Gasteiger partial charge is 0.383 e. The fourth-order valence-electron chi connectivity index (χ4n) is 13.8. The van der Waals surface area contributed by atoms with Crippen molar-refractivity contribution in [2.75, 3.05) is 0 Å². The molecule has 2 N–H and O–H groups in total. The lowest BCUT2D eigenvalue weighted by molar-refractivity contribution is 1.06. The van der Waals surface area contributed by atoms with Gasteiger partial charge in [-0.05, 0) is 113 Å². The average molecular weight is 1550 g/mol. The number of nitrogens with zero attached hydrogens (tertiary/aromatic N) is 15. The van der Waals surface area contributed by atoms with Gasteiger partial charge in [-0.2, -0.15) is 0 Å². The van der Waals surface area contributed by atoms with Crippen LogP contribution in [0.2, 0.25) is 0 Å². The van der Waals surface area contributed by atoms with Crippen molar-refractivity contribution in [1.29, 1.82) is 0 Å². The van der Waals surface area contributed by atoms with Crippen molar-refractivity contribution >= 4 is 11.7 Å². The maximum Gasteiger partial charge on any atom is 0.165 e. The summed E-state index contributed by atoms with van der Waals surface area (Å²) in [5, 5.41) is 0. The van der Waals surface area contributed by atoms with Crippen molar-refractivity contribution in [3.63, 3.8) is 0 Å². The highest BCUT2D eigenvalue weighted by molar-refractivity contribution is 6.11. The molecule has 19 aromatic rings. The second-order valence-corrected chi connectivity index (χ2v) is 28.1. The molecule has 9 aromatic heterocycles. The van der Waals surface area contributed by atoms with E-state index in [-0.39, 0.29) is 0 Å². The van der Waals surface area contributed by atoms with Crippen LogP contribution in [0.5, 0.6) is 0 Å². The molecule has 0 saturated heterocycles. The molecule has 0 atom stereocenters. The smallest absolute Gasteiger partial charge is 0.165 e. The van der Waals surface area contributed by atoms with E-state index in [0.29, 0.717) is 98.5 Å². The SMILES string of the molecule is NC(=NC(=NCc1ccccc1)c1ccccc1)c1ccnc(-c2cc(-c3ccccc3)cc(-c3cc(-c4nc(-c5ccccc5)cc(-c5ccccc5)n4)ccn3)n2)c1.c1ccc(-c2cc(-c3ccc(-c4nc(-c5ccccc5)nc(-c5ccccc5)n4)cn3)nc(-c3cc(-c4nc(-c5ccccc5)cc(-c5ccccc5)n4)ccn3)c2)cc1. The lowest BCUT2D eigenvalue weighted by atomic mass is 10.0. The van der Waals surface area contributed by atoms with Gasteiger partial charge in [-0.3, -0.25) is 24.9 Å². The number of pyridine rings is 6. The first-order valence-electron chi connectivity index (χ1n) is 39.2. The quantitative estimate of drug-likeness (QED) is 0.0588. The van der Waals surface area contributed by atoms with Crippen LogP contribution >= 0.6 is 0 Å². The molecule has 16 heteroatoms. The maximum atomic E-state index is 6.76. The molecule has 0 fully saturated rings. The van der Waals surface area contributed by atoms with Crippen LogP contribution in [0.25, 0.3) is 170 Å². The maximum absolute atomic E-state index is 6.76. The molecule has 0 radical (unpaired) electrons. The molecule has 0 aliphatic carbocycles. The molecule has 568 valence electrons. The Labute approximate surface area is 694 Å². The van der Waals surface area contributed by atoms with Crippen molar-refractivity contribution in [2.45, 2.75) is 6.54 Å². The van der Waals surface area contributed by atoms with Gasteiger partial charge in [0, 0.05) is 86.0 Å². The van der Waals surface area contributed by atoms with Crippen LogP contribution in [0.1, 0.15) is 16.7 Å². The molecular weight excluding hydrogens is 1470 g/mol. The predicted octanol–water partition coefficient (Wildman–Crippen LogP) is 22.9. The van der Waals surface area contributed by atoms with E-state index in [2.05, 4.69) is 91.0 Å². The van der Waals surface area contributed by atoms with E-state index in [1.165, 1.54) is 0 Å². The standard InChI is InChI=1S/C52H34N8.C52H38N8/c1-6-16-35(17-7-1)42-31-47(43-27-26-41(34-54-43)52-59-49(38-22-12-4-13-23-38)58-50(60-52)39-24-14-5-15-25-39)55-48(32-42)46-30-40(28-29-53-46)51-56-44(36-18-8-2-9-19-36)33-45(57-51)37-20-10-3-11-21-37;53-50(60-51(40-24-14-5-15-25-40)56-35-36-16-6-1-7-17-36)41-26-28-54-46(30-41)48-32-43(37-18-8-2-9-19-37)33-49(57-48)47-31-42(27-29-55-47)52-58-44(38-20-10-3-11-21-38)34-45(59-52)39-22-12-4-13-23-39/h1-34H;1-34H,35H2,(H2,53,56,60). The Morgan fingerprint density at radius 1 is 0.208 bits per heavy atom. The summed E-state index contributed by atoms with van der Waals surface area (Å²) in [6.07, 6.45) is 7.09. The van der Waals surface area contributed by atoms with Crippen LogP contribution in [0.3, 0.4) is 0 Å². The lowest BCUT2D eigenvalue weighted by Gasteiger charge is -2.12. The van der Waals surface area contributed by atoms with Gasteiger partial charge in [0.25, 0.3) is 0 Å². The van der Waals surface area contributed by atoms with Gasteiger partial charge in [-0.25, -0.2) is 49.8 Å². The summed E-state index contributed by atoms with van der Waals surface area (Å²) in [7, 11) is 0. The fourth-order valence-corrected chi connectivity index (χ4v) is 13.8.